The van der Waals surface area contributed by atoms with E-state index in [1.807, 2.05) is 18.2 Å². The van der Waals surface area contributed by atoms with Crippen molar-refractivity contribution < 1.29 is 8.78 Å². The molecule has 2 aliphatic rings. The Morgan fingerprint density at radius 1 is 1.13 bits per heavy atom. The van der Waals surface area contributed by atoms with Crippen molar-refractivity contribution in [2.24, 2.45) is 5.92 Å². The van der Waals surface area contributed by atoms with Gasteiger partial charge >= 0.3 is 0 Å². The van der Waals surface area contributed by atoms with Crippen LogP contribution >= 0.6 is 0 Å². The lowest BCUT2D eigenvalue weighted by Crippen LogP contribution is -2.46. The van der Waals surface area contributed by atoms with Crippen LogP contribution < -0.4 is 5.32 Å². The quantitative estimate of drug-likeness (QED) is 0.648. The van der Waals surface area contributed by atoms with Gasteiger partial charge in [0.2, 0.25) is 0 Å². The summed E-state index contributed by atoms with van der Waals surface area (Å²) in [7, 11) is 0. The van der Waals surface area contributed by atoms with E-state index in [4.69, 9.17) is 0 Å². The molecule has 1 nitrogen and oxygen atoms in total. The molecule has 1 N–H and O–H groups in total. The third-order valence-electron chi connectivity index (χ3n) is 3.60. The number of halogens is 2. The molecule has 1 aromatic carbocycles. The van der Waals surface area contributed by atoms with Crippen LogP contribution in [0.1, 0.15) is 29.6 Å². The molecule has 0 spiro atoms. The number of hydrogen-bond donors (Lipinski definition) is 1. The van der Waals surface area contributed by atoms with Crippen LogP contribution in [-0.2, 0) is 0 Å². The predicted octanol–water partition coefficient (Wildman–Crippen LogP) is 2.70. The summed E-state index contributed by atoms with van der Waals surface area (Å²) in [4.78, 5) is 0. The molecule has 1 fully saturated rings. The van der Waals surface area contributed by atoms with Crippen molar-refractivity contribution in [3.8, 4) is 0 Å². The van der Waals surface area contributed by atoms with Gasteiger partial charge in [0.1, 0.15) is 6.17 Å². The summed E-state index contributed by atoms with van der Waals surface area (Å²) in [5, 5.41) is 2.75. The summed E-state index contributed by atoms with van der Waals surface area (Å²) >= 11 is 0. The molecule has 3 rings (SSSR count). The van der Waals surface area contributed by atoms with Crippen molar-refractivity contribution in [3.05, 3.63) is 35.4 Å². The van der Waals surface area contributed by atoms with Crippen LogP contribution in [0.2, 0.25) is 0 Å². The zero-order valence-electron chi connectivity index (χ0n) is 8.29. The second-order valence-corrected chi connectivity index (χ2v) is 4.44. The molecule has 1 heterocycles. The van der Waals surface area contributed by atoms with E-state index in [1.165, 1.54) is 0 Å². The standard InChI is InChI=1S/C12H13F2N/c13-11-9-4-2-1-3-8(9)7-5-10(11)12(14)15-6-7/h1-4,7,10-12,15H,5-6H2. The molecule has 15 heavy (non-hydrogen) atoms. The van der Waals surface area contributed by atoms with Crippen molar-refractivity contribution >= 4 is 0 Å². The first-order chi connectivity index (χ1) is 7.27. The van der Waals surface area contributed by atoms with Crippen molar-refractivity contribution in [2.45, 2.75) is 24.8 Å². The van der Waals surface area contributed by atoms with E-state index < -0.39 is 18.4 Å². The summed E-state index contributed by atoms with van der Waals surface area (Å²) in [6.07, 6.45) is -1.71. The van der Waals surface area contributed by atoms with Gasteiger partial charge in [-0.25, -0.2) is 8.78 Å². The maximum atomic E-state index is 14.0. The molecule has 0 aromatic heterocycles. The lowest BCUT2D eigenvalue weighted by Gasteiger charge is -2.40. The fourth-order valence-corrected chi connectivity index (χ4v) is 2.81. The summed E-state index contributed by atoms with van der Waals surface area (Å²) in [6, 6.07) is 7.50. The predicted molar refractivity (Wildman–Crippen MR) is 54.0 cm³/mol. The third kappa shape index (κ3) is 1.29. The molecule has 1 saturated heterocycles. The van der Waals surface area contributed by atoms with Crippen LogP contribution in [0.5, 0.6) is 0 Å². The smallest absolute Gasteiger partial charge is 0.157 e. The van der Waals surface area contributed by atoms with Crippen molar-refractivity contribution in [3.63, 3.8) is 0 Å². The van der Waals surface area contributed by atoms with Gasteiger partial charge in [-0.05, 0) is 23.5 Å². The lowest BCUT2D eigenvalue weighted by atomic mass is 9.73. The maximum Gasteiger partial charge on any atom is 0.157 e. The van der Waals surface area contributed by atoms with Gasteiger partial charge in [0.25, 0.3) is 0 Å². The summed E-state index contributed by atoms with van der Waals surface area (Å²) in [6.45, 7) is 0.626. The molecule has 1 aromatic rings. The van der Waals surface area contributed by atoms with Crippen LogP contribution in [0.4, 0.5) is 8.78 Å². The fraction of sp³-hybridized carbons (Fsp3) is 0.500. The van der Waals surface area contributed by atoms with Crippen molar-refractivity contribution in [1.82, 2.24) is 5.32 Å². The Bertz CT molecular complexity index is 380. The molecule has 1 aliphatic carbocycles. The van der Waals surface area contributed by atoms with Gasteiger partial charge in [-0.2, -0.15) is 0 Å². The Kier molecular flexibility index (Phi) is 2.02. The Hall–Kier alpha value is -0.960. The highest BCUT2D eigenvalue weighted by atomic mass is 19.1. The van der Waals surface area contributed by atoms with Crippen LogP contribution in [0.3, 0.4) is 0 Å². The SMILES string of the molecule is FC1NCC2CC1C(F)c1ccccc12. The first kappa shape index (κ1) is 9.28. The number of fused-ring (bicyclic) bond motifs is 4. The molecule has 0 radical (unpaired) electrons. The highest BCUT2D eigenvalue weighted by molar-refractivity contribution is 5.36. The first-order valence-corrected chi connectivity index (χ1v) is 5.37. The Morgan fingerprint density at radius 2 is 1.87 bits per heavy atom. The number of piperidine rings is 1. The van der Waals surface area contributed by atoms with Gasteiger partial charge in [0.15, 0.2) is 6.30 Å². The average molecular weight is 209 g/mol. The van der Waals surface area contributed by atoms with Gasteiger partial charge in [0, 0.05) is 12.5 Å². The number of alkyl halides is 2. The van der Waals surface area contributed by atoms with Gasteiger partial charge in [-0.15, -0.1) is 0 Å². The largest absolute Gasteiger partial charge is 0.287 e. The second-order valence-electron chi connectivity index (χ2n) is 4.44. The molecule has 4 atom stereocenters. The molecule has 1 aliphatic heterocycles. The third-order valence-corrected chi connectivity index (χ3v) is 3.60. The highest BCUT2D eigenvalue weighted by Crippen LogP contribution is 2.46. The van der Waals surface area contributed by atoms with E-state index in [1.54, 1.807) is 6.07 Å². The molecule has 2 bridgehead atoms. The molecule has 80 valence electrons. The minimum Gasteiger partial charge on any atom is -0.287 e. The topological polar surface area (TPSA) is 12.0 Å². The van der Waals surface area contributed by atoms with Gasteiger partial charge in [-0.3, -0.25) is 5.32 Å². The minimum atomic E-state index is -1.19. The molecular formula is C12H13F2N. The van der Waals surface area contributed by atoms with E-state index in [0.717, 1.165) is 5.56 Å². The second kappa shape index (κ2) is 3.27. The molecule has 0 amide bonds. The Balaban J connectivity index is 2.08. The number of rotatable bonds is 0. The lowest BCUT2D eigenvalue weighted by molar-refractivity contribution is 0.0500. The van der Waals surface area contributed by atoms with Gasteiger partial charge in [-0.1, -0.05) is 24.3 Å². The van der Waals surface area contributed by atoms with Crippen LogP contribution in [-0.4, -0.2) is 12.8 Å². The molecule has 4 unspecified atom stereocenters. The van der Waals surface area contributed by atoms with Gasteiger partial charge in [0.05, 0.1) is 0 Å². The van der Waals surface area contributed by atoms with Crippen LogP contribution in [0, 0.1) is 5.92 Å². The number of nitrogens with one attached hydrogen (secondary N) is 1. The average Bonchev–Trinajstić information content (AvgIpc) is 2.28. The van der Waals surface area contributed by atoms with Crippen molar-refractivity contribution in [2.75, 3.05) is 6.54 Å². The Labute approximate surface area is 87.5 Å². The normalized spacial score (nSPS) is 38.5. The molecule has 0 saturated carbocycles. The van der Waals surface area contributed by atoms with E-state index in [9.17, 15) is 8.78 Å². The monoisotopic (exact) mass is 209 g/mol. The van der Waals surface area contributed by atoms with E-state index in [2.05, 4.69) is 5.32 Å². The summed E-state index contributed by atoms with van der Waals surface area (Å²) in [5.74, 6) is -0.219. The summed E-state index contributed by atoms with van der Waals surface area (Å²) in [5.41, 5.74) is 1.75. The Morgan fingerprint density at radius 3 is 2.67 bits per heavy atom. The van der Waals surface area contributed by atoms with E-state index >= 15 is 0 Å². The number of benzene rings is 1. The van der Waals surface area contributed by atoms with Crippen molar-refractivity contribution in [1.29, 1.82) is 0 Å². The van der Waals surface area contributed by atoms with E-state index in [-0.39, 0.29) is 5.92 Å². The molecule has 3 heteroatoms. The minimum absolute atomic E-state index is 0.283. The zero-order chi connectivity index (χ0) is 10.4. The summed E-state index contributed by atoms with van der Waals surface area (Å²) < 4.78 is 27.5. The first-order valence-electron chi connectivity index (χ1n) is 5.37. The van der Waals surface area contributed by atoms with Gasteiger partial charge < -0.3 is 0 Å². The molecular weight excluding hydrogens is 196 g/mol. The maximum absolute atomic E-state index is 14.0. The fourth-order valence-electron chi connectivity index (χ4n) is 2.81. The highest BCUT2D eigenvalue weighted by Gasteiger charge is 2.42. The van der Waals surface area contributed by atoms with Crippen LogP contribution in [0.15, 0.2) is 24.3 Å². The zero-order valence-corrected chi connectivity index (χ0v) is 8.29. The number of hydrogen-bond acceptors (Lipinski definition) is 1. The van der Waals surface area contributed by atoms with E-state index in [0.29, 0.717) is 18.5 Å². The van der Waals surface area contributed by atoms with Crippen LogP contribution in [0.25, 0.3) is 0 Å².